The lowest BCUT2D eigenvalue weighted by atomic mass is 10.3. The molecule has 0 saturated carbocycles. The van der Waals surface area contributed by atoms with E-state index in [1.807, 2.05) is 19.1 Å². The van der Waals surface area contributed by atoms with Crippen LogP contribution in [0.15, 0.2) is 29.6 Å². The van der Waals surface area contributed by atoms with Gasteiger partial charge >= 0.3 is 0 Å². The van der Waals surface area contributed by atoms with Gasteiger partial charge in [0.25, 0.3) is 5.91 Å². The molecular weight excluding hydrogens is 322 g/mol. The van der Waals surface area contributed by atoms with Gasteiger partial charge in [0.1, 0.15) is 17.5 Å². The van der Waals surface area contributed by atoms with Crippen molar-refractivity contribution in [1.29, 1.82) is 0 Å². The van der Waals surface area contributed by atoms with Crippen molar-refractivity contribution in [2.24, 2.45) is 5.73 Å². The Labute approximate surface area is 138 Å². The SMILES string of the molecule is CC(CNC(=O)c1csc(CCN)n1)Oc1ccccc1Cl. The molecule has 2 rings (SSSR count). The van der Waals surface area contributed by atoms with E-state index in [1.165, 1.54) is 11.3 Å². The first-order valence-corrected chi connectivity index (χ1v) is 8.19. The number of amides is 1. The van der Waals surface area contributed by atoms with E-state index in [0.29, 0.717) is 36.0 Å². The predicted molar refractivity (Wildman–Crippen MR) is 88.7 cm³/mol. The first-order valence-electron chi connectivity index (χ1n) is 6.94. The number of thiazole rings is 1. The van der Waals surface area contributed by atoms with Gasteiger partial charge in [-0.1, -0.05) is 23.7 Å². The third-order valence-electron chi connectivity index (χ3n) is 2.86. The molecule has 1 aromatic heterocycles. The molecule has 0 bridgehead atoms. The van der Waals surface area contributed by atoms with Crippen LogP contribution in [0.3, 0.4) is 0 Å². The van der Waals surface area contributed by atoms with Gasteiger partial charge in [-0.25, -0.2) is 4.98 Å². The highest BCUT2D eigenvalue weighted by molar-refractivity contribution is 7.09. The van der Waals surface area contributed by atoms with Crippen molar-refractivity contribution >= 4 is 28.8 Å². The monoisotopic (exact) mass is 339 g/mol. The van der Waals surface area contributed by atoms with Crippen LogP contribution in [0.1, 0.15) is 22.4 Å². The van der Waals surface area contributed by atoms with E-state index in [4.69, 9.17) is 22.1 Å². The molecule has 2 aromatic rings. The second kappa shape index (κ2) is 8.12. The zero-order chi connectivity index (χ0) is 15.9. The Hall–Kier alpha value is -1.63. The van der Waals surface area contributed by atoms with E-state index in [1.54, 1.807) is 17.5 Å². The Kier molecular flexibility index (Phi) is 6.18. The van der Waals surface area contributed by atoms with Crippen LogP contribution in [0.2, 0.25) is 5.02 Å². The Balaban J connectivity index is 1.83. The van der Waals surface area contributed by atoms with Crippen LogP contribution in [0.25, 0.3) is 0 Å². The van der Waals surface area contributed by atoms with Gasteiger partial charge in [0.05, 0.1) is 16.6 Å². The van der Waals surface area contributed by atoms with Gasteiger partial charge in [-0.15, -0.1) is 11.3 Å². The molecule has 1 aromatic carbocycles. The van der Waals surface area contributed by atoms with Gasteiger partial charge < -0.3 is 15.8 Å². The van der Waals surface area contributed by atoms with Crippen LogP contribution in [0.4, 0.5) is 0 Å². The van der Waals surface area contributed by atoms with E-state index in [9.17, 15) is 4.79 Å². The molecule has 1 amide bonds. The fourth-order valence-corrected chi connectivity index (χ4v) is 2.75. The number of para-hydroxylation sites is 1. The fraction of sp³-hybridized carbons (Fsp3) is 0.333. The summed E-state index contributed by atoms with van der Waals surface area (Å²) in [6, 6.07) is 7.24. The minimum Gasteiger partial charge on any atom is -0.487 e. The highest BCUT2D eigenvalue weighted by atomic mass is 35.5. The summed E-state index contributed by atoms with van der Waals surface area (Å²) in [4.78, 5) is 16.2. The fourth-order valence-electron chi connectivity index (χ4n) is 1.78. The van der Waals surface area contributed by atoms with Gasteiger partial charge in [-0.05, 0) is 25.6 Å². The van der Waals surface area contributed by atoms with Gasteiger partial charge in [-0.2, -0.15) is 0 Å². The minimum atomic E-state index is -0.214. The molecule has 0 aliphatic heterocycles. The number of benzene rings is 1. The number of aromatic nitrogens is 1. The molecule has 7 heteroatoms. The molecule has 0 fully saturated rings. The number of nitrogens with two attached hydrogens (primary N) is 1. The molecule has 1 unspecified atom stereocenters. The highest BCUT2D eigenvalue weighted by Gasteiger charge is 2.13. The first kappa shape index (κ1) is 16.7. The number of hydrogen-bond donors (Lipinski definition) is 2. The quantitative estimate of drug-likeness (QED) is 0.812. The van der Waals surface area contributed by atoms with Gasteiger partial charge in [-0.3, -0.25) is 4.79 Å². The molecule has 22 heavy (non-hydrogen) atoms. The number of rotatable bonds is 7. The summed E-state index contributed by atoms with van der Waals surface area (Å²) < 4.78 is 5.69. The van der Waals surface area contributed by atoms with Gasteiger partial charge in [0.15, 0.2) is 0 Å². The molecule has 1 heterocycles. The summed E-state index contributed by atoms with van der Waals surface area (Å²) in [5, 5.41) is 5.95. The molecule has 0 radical (unpaired) electrons. The maximum absolute atomic E-state index is 12.0. The standard InChI is InChI=1S/C15H18ClN3O2S/c1-10(21-13-5-3-2-4-11(13)16)8-18-15(20)12-9-22-14(19-12)6-7-17/h2-5,9-10H,6-8,17H2,1H3,(H,18,20). The summed E-state index contributed by atoms with van der Waals surface area (Å²) in [6.07, 6.45) is 0.482. The maximum Gasteiger partial charge on any atom is 0.270 e. The third-order valence-corrected chi connectivity index (χ3v) is 4.08. The average molecular weight is 340 g/mol. The third kappa shape index (κ3) is 4.69. The lowest BCUT2D eigenvalue weighted by Gasteiger charge is -2.16. The van der Waals surface area contributed by atoms with E-state index in [2.05, 4.69) is 10.3 Å². The van der Waals surface area contributed by atoms with Crippen molar-refractivity contribution in [1.82, 2.24) is 10.3 Å². The van der Waals surface area contributed by atoms with Crippen molar-refractivity contribution in [3.8, 4) is 5.75 Å². The summed E-state index contributed by atoms with van der Waals surface area (Å²) >= 11 is 7.47. The minimum absolute atomic E-state index is 0.203. The van der Waals surface area contributed by atoms with Crippen LogP contribution in [0.5, 0.6) is 5.75 Å². The molecule has 3 N–H and O–H groups in total. The van der Waals surface area contributed by atoms with E-state index >= 15 is 0 Å². The normalized spacial score (nSPS) is 12.0. The molecule has 1 atom stereocenters. The van der Waals surface area contributed by atoms with Crippen molar-refractivity contribution in [3.05, 3.63) is 45.4 Å². The number of nitrogens with one attached hydrogen (secondary N) is 1. The number of ether oxygens (including phenoxy) is 1. The van der Waals surface area contributed by atoms with Crippen molar-refractivity contribution in [2.75, 3.05) is 13.1 Å². The number of hydrogen-bond acceptors (Lipinski definition) is 5. The van der Waals surface area contributed by atoms with Crippen molar-refractivity contribution in [2.45, 2.75) is 19.4 Å². The average Bonchev–Trinajstić information content (AvgIpc) is 2.96. The zero-order valence-electron chi connectivity index (χ0n) is 12.2. The lowest BCUT2D eigenvalue weighted by Crippen LogP contribution is -2.33. The smallest absolute Gasteiger partial charge is 0.270 e. The van der Waals surface area contributed by atoms with E-state index in [-0.39, 0.29) is 12.0 Å². The maximum atomic E-state index is 12.0. The Bertz CT molecular complexity index is 633. The Morgan fingerprint density at radius 3 is 3.00 bits per heavy atom. The highest BCUT2D eigenvalue weighted by Crippen LogP contribution is 2.24. The number of halogens is 1. The molecular formula is C15H18ClN3O2S. The number of nitrogens with zero attached hydrogens (tertiary/aromatic N) is 1. The summed E-state index contributed by atoms with van der Waals surface area (Å²) in [6.45, 7) is 2.76. The first-order chi connectivity index (χ1) is 10.6. The van der Waals surface area contributed by atoms with E-state index < -0.39 is 0 Å². The van der Waals surface area contributed by atoms with E-state index in [0.717, 1.165) is 5.01 Å². The Morgan fingerprint density at radius 2 is 2.27 bits per heavy atom. The molecule has 0 aliphatic rings. The molecule has 0 saturated heterocycles. The van der Waals surface area contributed by atoms with Crippen LogP contribution in [-0.4, -0.2) is 30.1 Å². The van der Waals surface area contributed by atoms with Gasteiger partial charge in [0, 0.05) is 11.8 Å². The topological polar surface area (TPSA) is 77.2 Å². The largest absolute Gasteiger partial charge is 0.487 e. The predicted octanol–water partition coefficient (Wildman–Crippen LogP) is 2.50. The number of carbonyl (C=O) groups excluding carboxylic acids is 1. The van der Waals surface area contributed by atoms with Crippen molar-refractivity contribution in [3.63, 3.8) is 0 Å². The zero-order valence-corrected chi connectivity index (χ0v) is 13.8. The molecule has 0 aliphatic carbocycles. The van der Waals surface area contributed by atoms with Gasteiger partial charge in [0.2, 0.25) is 0 Å². The second-order valence-corrected chi connectivity index (χ2v) is 6.08. The lowest BCUT2D eigenvalue weighted by molar-refractivity contribution is 0.0928. The second-order valence-electron chi connectivity index (χ2n) is 4.73. The number of carbonyl (C=O) groups is 1. The molecule has 0 spiro atoms. The summed E-state index contributed by atoms with van der Waals surface area (Å²) in [5.41, 5.74) is 5.88. The van der Waals surface area contributed by atoms with Crippen LogP contribution < -0.4 is 15.8 Å². The molecule has 5 nitrogen and oxygen atoms in total. The Morgan fingerprint density at radius 1 is 1.50 bits per heavy atom. The van der Waals surface area contributed by atoms with Crippen LogP contribution in [0, 0.1) is 0 Å². The summed E-state index contributed by atoms with van der Waals surface area (Å²) in [7, 11) is 0. The van der Waals surface area contributed by atoms with Crippen LogP contribution >= 0.6 is 22.9 Å². The van der Waals surface area contributed by atoms with Crippen molar-refractivity contribution < 1.29 is 9.53 Å². The van der Waals surface area contributed by atoms with Crippen LogP contribution in [-0.2, 0) is 6.42 Å². The molecule has 118 valence electrons. The summed E-state index contributed by atoms with van der Waals surface area (Å²) in [5.74, 6) is 0.388.